The molecule has 1 unspecified atom stereocenters. The molecular weight excluding hydrogens is 270 g/mol. The number of fused-ring (bicyclic) bond motifs is 1. The Balaban J connectivity index is 1.93. The lowest BCUT2D eigenvalue weighted by molar-refractivity contribution is -0.148. The van der Waals surface area contributed by atoms with E-state index in [4.69, 9.17) is 4.74 Å². The summed E-state index contributed by atoms with van der Waals surface area (Å²) < 4.78 is 5.73. The monoisotopic (exact) mass is 291 g/mol. The molecule has 108 valence electrons. The van der Waals surface area contributed by atoms with Crippen LogP contribution in [0.1, 0.15) is 33.6 Å². The molecule has 2 fully saturated rings. The summed E-state index contributed by atoms with van der Waals surface area (Å²) in [6.07, 6.45) is 1.81. The number of ether oxygens (including phenoxy) is 1. The second-order valence-corrected chi connectivity index (χ2v) is 7.97. The first-order chi connectivity index (χ1) is 9.43. The zero-order valence-electron chi connectivity index (χ0n) is 12.3. The van der Waals surface area contributed by atoms with Crippen molar-refractivity contribution in [3.63, 3.8) is 0 Å². The summed E-state index contributed by atoms with van der Waals surface area (Å²) in [5.41, 5.74) is -0.0565. The van der Waals surface area contributed by atoms with Crippen LogP contribution in [0.25, 0.3) is 0 Å². The van der Waals surface area contributed by atoms with Crippen LogP contribution in [-0.4, -0.2) is 28.5 Å². The maximum Gasteiger partial charge on any atom is 0.339 e. The van der Waals surface area contributed by atoms with Gasteiger partial charge in [0.15, 0.2) is 11.1 Å². The number of hydrogen-bond donors (Lipinski definition) is 0. The number of rotatable bonds is 2. The van der Waals surface area contributed by atoms with Gasteiger partial charge in [0.25, 0.3) is 0 Å². The molecule has 0 spiro atoms. The van der Waals surface area contributed by atoms with Crippen LogP contribution in [0.5, 0.6) is 0 Å². The van der Waals surface area contributed by atoms with Gasteiger partial charge in [-0.15, -0.1) is 0 Å². The topological polar surface area (TPSA) is 29.5 Å². The molecule has 2 saturated heterocycles. The minimum Gasteiger partial charge on any atom is -0.444 e. The van der Waals surface area contributed by atoms with Crippen molar-refractivity contribution in [2.75, 3.05) is 6.54 Å². The number of esters is 1. The summed E-state index contributed by atoms with van der Waals surface area (Å²) in [6.45, 7) is 7.33. The highest BCUT2D eigenvalue weighted by molar-refractivity contribution is 8.01. The van der Waals surface area contributed by atoms with Crippen LogP contribution in [0, 0.1) is 5.41 Å². The van der Waals surface area contributed by atoms with Crippen LogP contribution in [0.3, 0.4) is 0 Å². The zero-order valence-corrected chi connectivity index (χ0v) is 13.1. The van der Waals surface area contributed by atoms with Crippen molar-refractivity contribution in [1.29, 1.82) is 0 Å². The summed E-state index contributed by atoms with van der Waals surface area (Å²) in [5.74, 6) is -0.0659. The summed E-state index contributed by atoms with van der Waals surface area (Å²) in [6, 6.07) is 10.2. The number of hydrogen-bond acceptors (Lipinski definition) is 4. The molecule has 4 heteroatoms. The summed E-state index contributed by atoms with van der Waals surface area (Å²) in [5, 5.41) is 0. The highest BCUT2D eigenvalue weighted by atomic mass is 32.2. The van der Waals surface area contributed by atoms with Gasteiger partial charge < -0.3 is 4.74 Å². The van der Waals surface area contributed by atoms with E-state index in [-0.39, 0.29) is 17.6 Å². The molecule has 3 nitrogen and oxygen atoms in total. The molecule has 0 radical (unpaired) electrons. The van der Waals surface area contributed by atoms with E-state index in [9.17, 15) is 4.79 Å². The van der Waals surface area contributed by atoms with Gasteiger partial charge in [-0.2, -0.15) is 0 Å². The Hall–Kier alpha value is -1.00. The van der Waals surface area contributed by atoms with Gasteiger partial charge in [-0.05, 0) is 25.0 Å². The molecule has 2 aliphatic rings. The molecule has 1 aromatic carbocycles. The Morgan fingerprint density at radius 1 is 1.30 bits per heavy atom. The predicted octanol–water partition coefficient (Wildman–Crippen LogP) is 3.50. The fraction of sp³-hybridized carbons (Fsp3) is 0.562. The Morgan fingerprint density at radius 3 is 2.65 bits per heavy atom. The Morgan fingerprint density at radius 2 is 2.00 bits per heavy atom. The van der Waals surface area contributed by atoms with Gasteiger partial charge in [0.2, 0.25) is 0 Å². The minimum atomic E-state index is -0.515. The molecule has 20 heavy (non-hydrogen) atoms. The molecule has 0 bridgehead atoms. The lowest BCUT2D eigenvalue weighted by atomic mass is 9.93. The molecular formula is C16H21NO2S. The van der Waals surface area contributed by atoms with Crippen molar-refractivity contribution in [1.82, 2.24) is 4.90 Å². The Bertz CT molecular complexity index is 511. The Labute approximate surface area is 124 Å². The lowest BCUT2D eigenvalue weighted by Crippen LogP contribution is -2.46. The molecule has 2 heterocycles. The zero-order chi connectivity index (χ0) is 14.4. The van der Waals surface area contributed by atoms with E-state index >= 15 is 0 Å². The van der Waals surface area contributed by atoms with Crippen molar-refractivity contribution in [3.8, 4) is 0 Å². The molecule has 1 aromatic rings. The third-order valence-electron chi connectivity index (χ3n) is 3.97. The quantitative estimate of drug-likeness (QED) is 0.780. The predicted molar refractivity (Wildman–Crippen MR) is 80.3 cm³/mol. The number of carbonyl (C=O) groups excluding carboxylic acids is 1. The first-order valence-corrected chi connectivity index (χ1v) is 7.97. The van der Waals surface area contributed by atoms with Crippen LogP contribution >= 0.6 is 11.8 Å². The van der Waals surface area contributed by atoms with Crippen molar-refractivity contribution in [3.05, 3.63) is 30.3 Å². The molecule has 0 aromatic heterocycles. The smallest absolute Gasteiger partial charge is 0.339 e. The SMILES string of the molecule is CC(C)(C)[C@H]1OC(=O)C2(Sc3ccccc3)CCCN12. The Kier molecular flexibility index (Phi) is 3.33. The summed E-state index contributed by atoms with van der Waals surface area (Å²) in [7, 11) is 0. The second kappa shape index (κ2) is 4.78. The van der Waals surface area contributed by atoms with E-state index < -0.39 is 4.87 Å². The molecule has 2 atom stereocenters. The highest BCUT2D eigenvalue weighted by Crippen LogP contribution is 2.51. The lowest BCUT2D eigenvalue weighted by Gasteiger charge is -2.34. The normalized spacial score (nSPS) is 30.4. The number of thioether (sulfide) groups is 1. The van der Waals surface area contributed by atoms with E-state index in [1.807, 2.05) is 18.2 Å². The fourth-order valence-electron chi connectivity index (χ4n) is 3.08. The number of benzene rings is 1. The van der Waals surface area contributed by atoms with E-state index in [2.05, 4.69) is 37.8 Å². The highest BCUT2D eigenvalue weighted by Gasteiger charge is 2.60. The molecule has 0 N–H and O–H groups in total. The van der Waals surface area contributed by atoms with E-state index in [0.29, 0.717) is 0 Å². The second-order valence-electron chi connectivity index (χ2n) is 6.62. The van der Waals surface area contributed by atoms with Crippen LogP contribution in [0.2, 0.25) is 0 Å². The van der Waals surface area contributed by atoms with E-state index in [1.165, 1.54) is 0 Å². The fourth-order valence-corrected chi connectivity index (χ4v) is 4.44. The van der Waals surface area contributed by atoms with Crippen LogP contribution in [-0.2, 0) is 9.53 Å². The maximum absolute atomic E-state index is 12.6. The average molecular weight is 291 g/mol. The number of nitrogens with zero attached hydrogens (tertiary/aromatic N) is 1. The first kappa shape index (κ1) is 14.0. The van der Waals surface area contributed by atoms with Crippen molar-refractivity contribution in [2.45, 2.75) is 49.6 Å². The van der Waals surface area contributed by atoms with Gasteiger partial charge in [0.05, 0.1) is 0 Å². The maximum atomic E-state index is 12.6. The van der Waals surface area contributed by atoms with Gasteiger partial charge in [-0.3, -0.25) is 0 Å². The number of carbonyl (C=O) groups is 1. The van der Waals surface area contributed by atoms with Gasteiger partial charge in [0.1, 0.15) is 0 Å². The average Bonchev–Trinajstić information content (AvgIpc) is 2.90. The molecule has 3 rings (SSSR count). The standard InChI is InChI=1S/C16H21NO2S/c1-15(2,3)13-17-11-7-10-16(17,14(18)19-13)20-12-8-5-4-6-9-12/h4-6,8-9,13H,7,10-11H2,1-3H3/t13-,16?/m1/s1. The third-order valence-corrected chi connectivity index (χ3v) is 5.42. The van der Waals surface area contributed by atoms with Gasteiger partial charge in [-0.25, -0.2) is 9.69 Å². The molecule has 2 aliphatic heterocycles. The largest absolute Gasteiger partial charge is 0.444 e. The first-order valence-electron chi connectivity index (χ1n) is 7.15. The van der Waals surface area contributed by atoms with Crippen LogP contribution < -0.4 is 0 Å². The van der Waals surface area contributed by atoms with Gasteiger partial charge in [0, 0.05) is 16.9 Å². The summed E-state index contributed by atoms with van der Waals surface area (Å²) in [4.78, 5) is 15.4. The summed E-state index contributed by atoms with van der Waals surface area (Å²) >= 11 is 1.65. The van der Waals surface area contributed by atoms with Crippen LogP contribution in [0.4, 0.5) is 0 Å². The van der Waals surface area contributed by atoms with Crippen molar-refractivity contribution < 1.29 is 9.53 Å². The van der Waals surface area contributed by atoms with Crippen LogP contribution in [0.15, 0.2) is 35.2 Å². The third kappa shape index (κ3) is 2.15. The van der Waals surface area contributed by atoms with Gasteiger partial charge >= 0.3 is 5.97 Å². The van der Waals surface area contributed by atoms with E-state index in [1.54, 1.807) is 11.8 Å². The number of cyclic esters (lactones) is 1. The molecule has 0 saturated carbocycles. The van der Waals surface area contributed by atoms with Gasteiger partial charge in [-0.1, -0.05) is 50.7 Å². The molecule has 0 aliphatic carbocycles. The van der Waals surface area contributed by atoms with Crippen molar-refractivity contribution >= 4 is 17.7 Å². The molecule has 0 amide bonds. The van der Waals surface area contributed by atoms with Crippen molar-refractivity contribution in [2.24, 2.45) is 5.41 Å². The van der Waals surface area contributed by atoms with E-state index in [0.717, 1.165) is 24.3 Å². The minimum absolute atomic E-state index is 0.0565.